The van der Waals surface area contributed by atoms with Crippen molar-refractivity contribution >= 4 is 10.0 Å². The monoisotopic (exact) mass is 262 g/mol. The van der Waals surface area contributed by atoms with Crippen molar-refractivity contribution in [3.8, 4) is 0 Å². The molecule has 1 rings (SSSR count). The fourth-order valence-corrected chi connectivity index (χ4v) is 4.02. The predicted molar refractivity (Wildman–Crippen MR) is 71.2 cm³/mol. The minimum Gasteiger partial charge on any atom is -0.330 e. The first-order valence-corrected chi connectivity index (χ1v) is 8.26. The zero-order chi connectivity index (χ0) is 12.9. The molecule has 0 saturated carbocycles. The molecule has 1 saturated heterocycles. The van der Waals surface area contributed by atoms with Crippen molar-refractivity contribution in [2.75, 3.05) is 25.4 Å². The van der Waals surface area contributed by atoms with Gasteiger partial charge in [-0.05, 0) is 44.1 Å². The van der Waals surface area contributed by atoms with E-state index < -0.39 is 10.0 Å². The summed E-state index contributed by atoms with van der Waals surface area (Å²) in [6.45, 7) is 6.28. The molecule has 1 unspecified atom stereocenters. The van der Waals surface area contributed by atoms with Gasteiger partial charge in [-0.15, -0.1) is 0 Å². The fourth-order valence-electron chi connectivity index (χ4n) is 2.44. The molecule has 0 radical (unpaired) electrons. The summed E-state index contributed by atoms with van der Waals surface area (Å²) in [5.74, 6) is 1.53. The second-order valence-corrected chi connectivity index (χ2v) is 7.38. The normalized spacial score (nSPS) is 23.9. The lowest BCUT2D eigenvalue weighted by Crippen LogP contribution is -2.34. The van der Waals surface area contributed by atoms with Gasteiger partial charge in [-0.3, -0.25) is 0 Å². The Morgan fingerprint density at radius 3 is 2.59 bits per heavy atom. The van der Waals surface area contributed by atoms with Gasteiger partial charge >= 0.3 is 0 Å². The number of nitrogens with two attached hydrogens (primary N) is 1. The Morgan fingerprint density at radius 1 is 1.29 bits per heavy atom. The first kappa shape index (κ1) is 14.9. The van der Waals surface area contributed by atoms with E-state index in [4.69, 9.17) is 5.73 Å². The van der Waals surface area contributed by atoms with Crippen LogP contribution >= 0.6 is 0 Å². The summed E-state index contributed by atoms with van der Waals surface area (Å²) >= 11 is 0. The highest BCUT2D eigenvalue weighted by atomic mass is 32.2. The lowest BCUT2D eigenvalue weighted by atomic mass is 9.89. The average Bonchev–Trinajstić information content (AvgIpc) is 2.52. The highest BCUT2D eigenvalue weighted by Crippen LogP contribution is 2.25. The zero-order valence-corrected chi connectivity index (χ0v) is 11.9. The van der Waals surface area contributed by atoms with Crippen molar-refractivity contribution in [2.24, 2.45) is 17.6 Å². The Kier molecular flexibility index (Phi) is 5.89. The zero-order valence-electron chi connectivity index (χ0n) is 11.1. The van der Waals surface area contributed by atoms with Crippen molar-refractivity contribution in [1.82, 2.24) is 4.31 Å². The lowest BCUT2D eigenvalue weighted by Gasteiger charge is -2.21. The van der Waals surface area contributed by atoms with Crippen LogP contribution in [0.15, 0.2) is 0 Å². The Hall–Kier alpha value is -0.130. The number of hydrogen-bond acceptors (Lipinski definition) is 3. The summed E-state index contributed by atoms with van der Waals surface area (Å²) in [4.78, 5) is 0. The van der Waals surface area contributed by atoms with E-state index in [0.717, 1.165) is 19.3 Å². The molecule has 1 aliphatic rings. The van der Waals surface area contributed by atoms with Crippen LogP contribution in [0.4, 0.5) is 0 Å². The van der Waals surface area contributed by atoms with E-state index in [2.05, 4.69) is 13.8 Å². The topological polar surface area (TPSA) is 63.4 Å². The van der Waals surface area contributed by atoms with Crippen molar-refractivity contribution in [3.05, 3.63) is 0 Å². The van der Waals surface area contributed by atoms with Crippen molar-refractivity contribution < 1.29 is 8.42 Å². The van der Waals surface area contributed by atoms with E-state index in [0.29, 0.717) is 37.9 Å². The maximum absolute atomic E-state index is 12.0. The standard InChI is InChI=1S/C12H26N2O2S/c1-11(2)12-5-3-8-14(9-6-12)17(15,16)10-4-7-13/h11-12H,3-10,13H2,1-2H3. The maximum atomic E-state index is 12.0. The highest BCUT2D eigenvalue weighted by molar-refractivity contribution is 7.89. The number of nitrogens with zero attached hydrogens (tertiary/aromatic N) is 1. The fraction of sp³-hybridized carbons (Fsp3) is 1.00. The summed E-state index contributed by atoms with van der Waals surface area (Å²) in [7, 11) is -3.06. The molecule has 102 valence electrons. The van der Waals surface area contributed by atoms with E-state index in [1.165, 1.54) is 0 Å². The molecule has 0 aliphatic carbocycles. The third-order valence-corrected chi connectivity index (χ3v) is 5.63. The molecule has 1 atom stereocenters. The first-order valence-electron chi connectivity index (χ1n) is 6.65. The molecule has 1 heterocycles. The van der Waals surface area contributed by atoms with E-state index in [1.54, 1.807) is 4.31 Å². The first-order chi connectivity index (χ1) is 7.97. The van der Waals surface area contributed by atoms with Gasteiger partial charge in [-0.1, -0.05) is 13.8 Å². The molecule has 0 aromatic rings. The van der Waals surface area contributed by atoms with Gasteiger partial charge in [0.1, 0.15) is 0 Å². The van der Waals surface area contributed by atoms with Gasteiger partial charge in [0.25, 0.3) is 0 Å². The van der Waals surface area contributed by atoms with Crippen molar-refractivity contribution in [3.63, 3.8) is 0 Å². The van der Waals surface area contributed by atoms with E-state index in [1.807, 2.05) is 0 Å². The smallest absolute Gasteiger partial charge is 0.214 e. The summed E-state index contributed by atoms with van der Waals surface area (Å²) in [5.41, 5.74) is 5.37. The van der Waals surface area contributed by atoms with E-state index in [-0.39, 0.29) is 5.75 Å². The van der Waals surface area contributed by atoms with E-state index >= 15 is 0 Å². The van der Waals surface area contributed by atoms with Gasteiger partial charge in [0, 0.05) is 13.1 Å². The van der Waals surface area contributed by atoms with Gasteiger partial charge in [-0.2, -0.15) is 0 Å². The van der Waals surface area contributed by atoms with Crippen LogP contribution in [0, 0.1) is 11.8 Å². The predicted octanol–water partition coefficient (Wildman–Crippen LogP) is 1.42. The second kappa shape index (κ2) is 6.71. The maximum Gasteiger partial charge on any atom is 0.214 e. The van der Waals surface area contributed by atoms with Gasteiger partial charge in [0.05, 0.1) is 5.75 Å². The molecule has 4 nitrogen and oxygen atoms in total. The molecule has 0 aromatic carbocycles. The third kappa shape index (κ3) is 4.56. The molecule has 2 N–H and O–H groups in total. The quantitative estimate of drug-likeness (QED) is 0.815. The largest absolute Gasteiger partial charge is 0.330 e. The lowest BCUT2D eigenvalue weighted by molar-refractivity contribution is 0.340. The Morgan fingerprint density at radius 2 is 2.00 bits per heavy atom. The molecule has 0 spiro atoms. The molecule has 5 heteroatoms. The summed E-state index contributed by atoms with van der Waals surface area (Å²) in [6, 6.07) is 0. The Labute approximate surface area is 106 Å². The van der Waals surface area contributed by atoms with Crippen molar-refractivity contribution in [1.29, 1.82) is 0 Å². The van der Waals surface area contributed by atoms with Gasteiger partial charge < -0.3 is 5.73 Å². The minimum atomic E-state index is -3.06. The molecule has 1 fully saturated rings. The van der Waals surface area contributed by atoms with Crippen LogP contribution in [-0.4, -0.2) is 38.1 Å². The summed E-state index contributed by atoms with van der Waals surface area (Å²) in [6.07, 6.45) is 3.71. The van der Waals surface area contributed by atoms with Crippen molar-refractivity contribution in [2.45, 2.75) is 39.5 Å². The third-order valence-electron chi connectivity index (χ3n) is 3.67. The number of rotatable bonds is 5. The molecular weight excluding hydrogens is 236 g/mol. The van der Waals surface area contributed by atoms with Crippen LogP contribution in [0.25, 0.3) is 0 Å². The molecule has 17 heavy (non-hydrogen) atoms. The van der Waals surface area contributed by atoms with Crippen LogP contribution in [0.2, 0.25) is 0 Å². The van der Waals surface area contributed by atoms with Gasteiger partial charge in [0.15, 0.2) is 0 Å². The minimum absolute atomic E-state index is 0.204. The van der Waals surface area contributed by atoms with Crippen LogP contribution in [0.1, 0.15) is 39.5 Å². The van der Waals surface area contributed by atoms with Gasteiger partial charge in [0.2, 0.25) is 10.0 Å². The molecule has 0 amide bonds. The van der Waals surface area contributed by atoms with Gasteiger partial charge in [-0.25, -0.2) is 12.7 Å². The molecule has 0 bridgehead atoms. The number of hydrogen-bond donors (Lipinski definition) is 1. The van der Waals surface area contributed by atoms with Crippen LogP contribution in [0.3, 0.4) is 0 Å². The molecule has 1 aliphatic heterocycles. The molecule has 0 aromatic heterocycles. The Bertz CT molecular complexity index is 314. The summed E-state index contributed by atoms with van der Waals surface area (Å²) < 4.78 is 25.8. The highest BCUT2D eigenvalue weighted by Gasteiger charge is 2.26. The Balaban J connectivity index is 2.56. The molecular formula is C12H26N2O2S. The summed E-state index contributed by atoms with van der Waals surface area (Å²) in [5, 5.41) is 0. The average molecular weight is 262 g/mol. The second-order valence-electron chi connectivity index (χ2n) is 5.29. The van der Waals surface area contributed by atoms with Crippen LogP contribution in [-0.2, 0) is 10.0 Å². The van der Waals surface area contributed by atoms with Crippen LogP contribution < -0.4 is 5.73 Å². The van der Waals surface area contributed by atoms with Crippen LogP contribution in [0.5, 0.6) is 0 Å². The van der Waals surface area contributed by atoms with E-state index in [9.17, 15) is 8.42 Å². The SMILES string of the molecule is CC(C)C1CCCN(S(=O)(=O)CCCN)CC1. The number of sulfonamides is 1.